The summed E-state index contributed by atoms with van der Waals surface area (Å²) >= 11 is 0. The highest BCUT2D eigenvalue weighted by Crippen LogP contribution is 2.21. The average molecular weight is 353 g/mol. The molecule has 0 aliphatic carbocycles. The number of benzene rings is 1. The molecule has 5 nitrogen and oxygen atoms in total. The fourth-order valence-electron chi connectivity index (χ4n) is 4.75. The second-order valence-electron chi connectivity index (χ2n) is 7.75. The maximum Gasteiger partial charge on any atom is 0.297 e. The Hall–Kier alpha value is -2.14. The zero-order valence-corrected chi connectivity index (χ0v) is 15.8. The van der Waals surface area contributed by atoms with Crippen LogP contribution in [0.5, 0.6) is 0 Å². The summed E-state index contributed by atoms with van der Waals surface area (Å²) in [4.78, 5) is 19.5. The normalized spacial score (nSPS) is 26.2. The van der Waals surface area contributed by atoms with Gasteiger partial charge in [-0.2, -0.15) is 0 Å². The van der Waals surface area contributed by atoms with Crippen LogP contribution < -0.4 is 10.5 Å². The van der Waals surface area contributed by atoms with Crippen LogP contribution in [0.4, 0.5) is 5.69 Å². The molecule has 3 atom stereocenters. The number of hydrogen-bond donors (Lipinski definition) is 1. The molecule has 0 saturated carbocycles. The minimum Gasteiger partial charge on any atom is -0.332 e. The molecule has 1 unspecified atom stereocenters. The van der Waals surface area contributed by atoms with Gasteiger partial charge in [0.1, 0.15) is 0 Å². The Morgan fingerprint density at radius 3 is 2.69 bits per heavy atom. The number of aromatic nitrogens is 2. The molecule has 0 spiro atoms. The van der Waals surface area contributed by atoms with Crippen LogP contribution in [-0.4, -0.2) is 34.7 Å². The molecule has 2 aliphatic heterocycles. The SMILES string of the molecule is Cc1c(N=C[C@@H]2CCC[NH+]3CCCC[C@H]23)c(=O)n(-c2ccccc2)n1C. The van der Waals surface area contributed by atoms with Crippen LogP contribution in [0.2, 0.25) is 0 Å². The van der Waals surface area contributed by atoms with E-state index in [4.69, 9.17) is 4.99 Å². The Bertz CT molecular complexity index is 847. The van der Waals surface area contributed by atoms with Crippen molar-refractivity contribution in [1.29, 1.82) is 0 Å². The van der Waals surface area contributed by atoms with Crippen molar-refractivity contribution in [2.75, 3.05) is 13.1 Å². The Morgan fingerprint density at radius 2 is 1.88 bits per heavy atom. The predicted molar refractivity (Wildman–Crippen MR) is 105 cm³/mol. The topological polar surface area (TPSA) is 43.7 Å². The minimum atomic E-state index is -0.0314. The van der Waals surface area contributed by atoms with Gasteiger partial charge >= 0.3 is 0 Å². The molecule has 3 heterocycles. The van der Waals surface area contributed by atoms with Gasteiger partial charge in [-0.1, -0.05) is 18.2 Å². The molecule has 1 aromatic heterocycles. The van der Waals surface area contributed by atoms with E-state index in [1.54, 1.807) is 9.58 Å². The van der Waals surface area contributed by atoms with E-state index in [2.05, 4.69) is 6.21 Å². The fourth-order valence-corrected chi connectivity index (χ4v) is 4.75. The molecule has 2 aliphatic rings. The number of quaternary nitrogens is 1. The lowest BCUT2D eigenvalue weighted by molar-refractivity contribution is -0.938. The van der Waals surface area contributed by atoms with Crippen LogP contribution in [0.25, 0.3) is 5.69 Å². The molecule has 138 valence electrons. The van der Waals surface area contributed by atoms with Gasteiger partial charge in [0.25, 0.3) is 5.56 Å². The summed E-state index contributed by atoms with van der Waals surface area (Å²) in [6, 6.07) is 10.5. The molecule has 5 heteroatoms. The number of nitrogens with zero attached hydrogens (tertiary/aromatic N) is 3. The summed E-state index contributed by atoms with van der Waals surface area (Å²) in [6.45, 7) is 4.59. The minimum absolute atomic E-state index is 0.0314. The zero-order valence-electron chi connectivity index (χ0n) is 15.8. The van der Waals surface area contributed by atoms with Crippen LogP contribution >= 0.6 is 0 Å². The third kappa shape index (κ3) is 3.05. The van der Waals surface area contributed by atoms with Crippen LogP contribution in [0.1, 0.15) is 37.8 Å². The van der Waals surface area contributed by atoms with E-state index >= 15 is 0 Å². The summed E-state index contributed by atoms with van der Waals surface area (Å²) < 4.78 is 3.62. The van der Waals surface area contributed by atoms with E-state index in [0.717, 1.165) is 11.4 Å². The van der Waals surface area contributed by atoms with Gasteiger partial charge in [-0.05, 0) is 44.7 Å². The second-order valence-corrected chi connectivity index (χ2v) is 7.75. The highest BCUT2D eigenvalue weighted by molar-refractivity contribution is 5.67. The number of aliphatic imine (C=N–C) groups is 1. The maximum atomic E-state index is 13.0. The van der Waals surface area contributed by atoms with Crippen LogP contribution in [-0.2, 0) is 7.05 Å². The number of fused-ring (bicyclic) bond motifs is 1. The van der Waals surface area contributed by atoms with Crippen molar-refractivity contribution < 1.29 is 4.90 Å². The summed E-state index contributed by atoms with van der Waals surface area (Å²) in [7, 11) is 1.93. The number of nitrogens with one attached hydrogen (secondary N) is 1. The first-order valence-electron chi connectivity index (χ1n) is 9.89. The summed E-state index contributed by atoms with van der Waals surface area (Å²) in [5.74, 6) is 0.503. The molecule has 4 rings (SSSR count). The molecule has 2 aromatic rings. The highest BCUT2D eigenvalue weighted by atomic mass is 16.1. The van der Waals surface area contributed by atoms with Gasteiger partial charge < -0.3 is 4.90 Å². The summed E-state index contributed by atoms with van der Waals surface area (Å²) in [5, 5.41) is 0. The number of piperidine rings is 2. The van der Waals surface area contributed by atoms with E-state index in [0.29, 0.717) is 17.6 Å². The van der Waals surface area contributed by atoms with Gasteiger partial charge in [-0.15, -0.1) is 0 Å². The Kier molecular flexibility index (Phi) is 4.81. The molecule has 1 N–H and O–H groups in total. The van der Waals surface area contributed by atoms with E-state index in [1.807, 2.05) is 49.0 Å². The Morgan fingerprint density at radius 1 is 1.12 bits per heavy atom. The number of hydrogen-bond acceptors (Lipinski definition) is 2. The highest BCUT2D eigenvalue weighted by Gasteiger charge is 2.35. The van der Waals surface area contributed by atoms with E-state index in [-0.39, 0.29) is 5.56 Å². The summed E-state index contributed by atoms with van der Waals surface area (Å²) in [6.07, 6.45) is 8.56. The molecule has 0 radical (unpaired) electrons. The van der Waals surface area contributed by atoms with Crippen LogP contribution in [0.3, 0.4) is 0 Å². The molecular formula is C21H29N4O+. The Labute approximate surface area is 154 Å². The average Bonchev–Trinajstić information content (AvgIpc) is 2.89. The van der Waals surface area contributed by atoms with Crippen LogP contribution in [0.15, 0.2) is 40.1 Å². The number of para-hydroxylation sites is 1. The third-order valence-corrected chi connectivity index (χ3v) is 6.26. The first-order valence-corrected chi connectivity index (χ1v) is 9.89. The third-order valence-electron chi connectivity index (χ3n) is 6.26. The van der Waals surface area contributed by atoms with E-state index in [1.165, 1.54) is 45.2 Å². The molecule has 2 fully saturated rings. The lowest BCUT2D eigenvalue weighted by Gasteiger charge is -2.39. The Balaban J connectivity index is 1.64. The molecular weight excluding hydrogens is 324 g/mol. The molecule has 2 saturated heterocycles. The van der Waals surface area contributed by atoms with Crippen molar-refractivity contribution in [3.05, 3.63) is 46.4 Å². The molecule has 0 bridgehead atoms. The van der Waals surface area contributed by atoms with Crippen molar-refractivity contribution >= 4 is 11.9 Å². The van der Waals surface area contributed by atoms with Gasteiger partial charge in [-0.25, -0.2) is 4.68 Å². The van der Waals surface area contributed by atoms with Gasteiger partial charge in [-0.3, -0.25) is 14.5 Å². The first-order chi connectivity index (χ1) is 12.7. The zero-order chi connectivity index (χ0) is 18.1. The molecule has 0 amide bonds. The van der Waals surface area contributed by atoms with Crippen LogP contribution in [0, 0.1) is 12.8 Å². The van der Waals surface area contributed by atoms with Crippen molar-refractivity contribution in [2.24, 2.45) is 18.0 Å². The van der Waals surface area contributed by atoms with Crippen molar-refractivity contribution in [2.45, 2.75) is 45.1 Å². The standard InChI is InChI=1S/C21H28N4O/c1-16-20(21(26)25(23(16)2)18-10-4-3-5-11-18)22-15-17-9-8-14-24-13-7-6-12-19(17)24/h3-5,10-11,15,17,19H,6-9,12-14H2,1-2H3/p+1/t17-,19+/m0/s1. The summed E-state index contributed by atoms with van der Waals surface area (Å²) in [5.41, 5.74) is 2.35. The van der Waals surface area contributed by atoms with Gasteiger partial charge in [0, 0.05) is 25.6 Å². The smallest absolute Gasteiger partial charge is 0.297 e. The largest absolute Gasteiger partial charge is 0.332 e. The predicted octanol–water partition coefficient (Wildman–Crippen LogP) is 2.03. The van der Waals surface area contributed by atoms with Crippen molar-refractivity contribution in [1.82, 2.24) is 9.36 Å². The first kappa shape index (κ1) is 17.3. The molecule has 1 aromatic carbocycles. The monoisotopic (exact) mass is 353 g/mol. The quantitative estimate of drug-likeness (QED) is 0.843. The van der Waals surface area contributed by atoms with E-state index < -0.39 is 0 Å². The van der Waals surface area contributed by atoms with Gasteiger partial charge in [0.15, 0.2) is 5.69 Å². The maximum absolute atomic E-state index is 13.0. The fraction of sp³-hybridized carbons (Fsp3) is 0.524. The van der Waals surface area contributed by atoms with Gasteiger partial charge in [0.05, 0.1) is 30.5 Å². The second kappa shape index (κ2) is 7.23. The van der Waals surface area contributed by atoms with Gasteiger partial charge in [0.2, 0.25) is 0 Å². The van der Waals surface area contributed by atoms with E-state index in [9.17, 15) is 4.79 Å². The molecule has 26 heavy (non-hydrogen) atoms. The lowest BCUT2D eigenvalue weighted by Crippen LogP contribution is -3.18. The lowest BCUT2D eigenvalue weighted by atomic mass is 9.84. The van der Waals surface area contributed by atoms with Crippen molar-refractivity contribution in [3.8, 4) is 5.69 Å². The number of rotatable bonds is 3. The van der Waals surface area contributed by atoms with Crippen molar-refractivity contribution in [3.63, 3.8) is 0 Å².